The number of allylic oxidation sites excluding steroid dienone is 1. The van der Waals surface area contributed by atoms with Crippen molar-refractivity contribution in [2.45, 2.75) is 81.6 Å². The van der Waals surface area contributed by atoms with Crippen LogP contribution in [0.1, 0.15) is 84.1 Å². The predicted molar refractivity (Wildman–Crippen MR) is 283 cm³/mol. The highest BCUT2D eigenvalue weighted by molar-refractivity contribution is 7.89. The summed E-state index contributed by atoms with van der Waals surface area (Å²) in [4.78, 5) is 35.0. The summed E-state index contributed by atoms with van der Waals surface area (Å²) in [6, 6.07) is 23.5. The first-order valence-electron chi connectivity index (χ1n) is 25.9. The van der Waals surface area contributed by atoms with Gasteiger partial charge in [0.05, 0.1) is 65.4 Å². The minimum atomic E-state index is -4.06. The molecule has 75 heavy (non-hydrogen) atoms. The van der Waals surface area contributed by atoms with Gasteiger partial charge in [-0.1, -0.05) is 31.5 Å². The van der Waals surface area contributed by atoms with E-state index in [9.17, 15) is 18.3 Å². The van der Waals surface area contributed by atoms with Crippen LogP contribution in [0.4, 0.5) is 0 Å². The van der Waals surface area contributed by atoms with Crippen LogP contribution in [0.3, 0.4) is 0 Å². The highest BCUT2D eigenvalue weighted by Gasteiger charge is 2.44. The molecular formula is C57H71N5O12S. The van der Waals surface area contributed by atoms with Gasteiger partial charge in [0.1, 0.15) is 5.75 Å². The van der Waals surface area contributed by atoms with Gasteiger partial charge >= 0.3 is 0 Å². The molecule has 18 heteroatoms. The summed E-state index contributed by atoms with van der Waals surface area (Å²) in [6.07, 6.45) is 4.85. The van der Waals surface area contributed by atoms with Crippen LogP contribution >= 0.6 is 0 Å². The number of methoxy groups -OCH3 is 5. The molecule has 0 radical (unpaired) electrons. The van der Waals surface area contributed by atoms with Crippen molar-refractivity contribution in [3.63, 3.8) is 0 Å². The van der Waals surface area contributed by atoms with Crippen LogP contribution < -0.4 is 29.2 Å². The fourth-order valence-electron chi connectivity index (χ4n) is 12.0. The number of para-hydroxylation sites is 1. The van der Waals surface area contributed by atoms with Crippen molar-refractivity contribution in [1.29, 1.82) is 0 Å². The van der Waals surface area contributed by atoms with E-state index in [4.69, 9.17) is 33.2 Å². The largest absolute Gasteiger partial charge is 0.497 e. The van der Waals surface area contributed by atoms with Crippen molar-refractivity contribution >= 4 is 15.9 Å². The fourth-order valence-corrected chi connectivity index (χ4v) is 13.4. The molecule has 17 nitrogen and oxygen atoms in total. The van der Waals surface area contributed by atoms with E-state index >= 15 is 4.79 Å². The normalized spacial score (nSPS) is 21.6. The summed E-state index contributed by atoms with van der Waals surface area (Å²) in [7, 11) is 5.86. The molecule has 4 aromatic carbocycles. The molecule has 4 aliphatic rings. The lowest BCUT2D eigenvalue weighted by Crippen LogP contribution is -2.48. The number of nitrogens with zero attached hydrogens (tertiary/aromatic N) is 5. The molecule has 5 heterocycles. The first-order valence-corrected chi connectivity index (χ1v) is 27.3. The van der Waals surface area contributed by atoms with Gasteiger partial charge in [0.15, 0.2) is 28.8 Å². The topological polar surface area (TPSA) is 173 Å². The average molecular weight is 1050 g/mol. The first-order chi connectivity index (χ1) is 36.3. The molecule has 5 aromatic rings. The molecule has 402 valence electrons. The van der Waals surface area contributed by atoms with E-state index in [1.54, 1.807) is 51.3 Å². The molecule has 1 saturated heterocycles. The van der Waals surface area contributed by atoms with Gasteiger partial charge in [0, 0.05) is 69.4 Å². The molecule has 0 bridgehead atoms. The Hall–Kier alpha value is -6.31. The van der Waals surface area contributed by atoms with Gasteiger partial charge in [-0.3, -0.25) is 19.2 Å². The number of aromatic nitrogens is 2. The number of aliphatic hydroxyl groups excluding tert-OH is 1. The quantitative estimate of drug-likeness (QED) is 0.0889. The Labute approximate surface area is 440 Å². The monoisotopic (exact) mass is 1050 g/mol. The van der Waals surface area contributed by atoms with Crippen molar-refractivity contribution in [2.75, 3.05) is 81.5 Å². The number of carbonyl (C=O) groups excluding carboxylic acids is 1. The van der Waals surface area contributed by atoms with Gasteiger partial charge < -0.3 is 43.2 Å². The number of sulfonamides is 1. The molecule has 1 aromatic heterocycles. The summed E-state index contributed by atoms with van der Waals surface area (Å²) >= 11 is 0. The Morgan fingerprint density at radius 1 is 0.800 bits per heavy atom. The highest BCUT2D eigenvalue weighted by Crippen LogP contribution is 2.50. The summed E-state index contributed by atoms with van der Waals surface area (Å²) in [5.41, 5.74) is 6.21. The SMILES string of the molecule is CCC1CN2CCc3cc(OC)c(OC)cc3C2CC1CC1c2cc(OC)c(OC)cc2CCN1C(=O)C1=CC(c2c(C)n(C)n(-c3ccccc3)c2=O)CC(OCCN(CCO)S(=O)(=O)c2ccc(OC)cc2)O1. The van der Waals surface area contributed by atoms with Crippen molar-refractivity contribution < 1.29 is 51.5 Å². The van der Waals surface area contributed by atoms with Crippen LogP contribution in [-0.4, -0.2) is 131 Å². The molecule has 6 unspecified atom stereocenters. The number of amides is 1. The molecule has 1 N–H and O–H groups in total. The van der Waals surface area contributed by atoms with Gasteiger partial charge in [-0.15, -0.1) is 0 Å². The number of benzene rings is 4. The third-order valence-corrected chi connectivity index (χ3v) is 17.9. The van der Waals surface area contributed by atoms with Crippen molar-refractivity contribution in [3.05, 3.63) is 135 Å². The molecule has 6 atom stereocenters. The summed E-state index contributed by atoms with van der Waals surface area (Å²) < 4.78 is 73.9. The van der Waals surface area contributed by atoms with Crippen LogP contribution in [0.15, 0.2) is 100 Å². The van der Waals surface area contributed by atoms with E-state index in [1.165, 1.54) is 30.4 Å². The third kappa shape index (κ3) is 10.5. The van der Waals surface area contributed by atoms with Crippen LogP contribution in [0, 0.1) is 18.8 Å². The predicted octanol–water partition coefficient (Wildman–Crippen LogP) is 7.10. The van der Waals surface area contributed by atoms with E-state index in [-0.39, 0.29) is 60.2 Å². The molecular weight excluding hydrogens is 979 g/mol. The lowest BCUT2D eigenvalue weighted by Gasteiger charge is -2.49. The van der Waals surface area contributed by atoms with Gasteiger partial charge in [-0.05, 0) is 133 Å². The molecule has 0 aliphatic carbocycles. The number of piperidine rings is 1. The smallest absolute Gasteiger partial charge is 0.289 e. The average Bonchev–Trinajstić information content (AvgIpc) is 3.67. The second kappa shape index (κ2) is 22.9. The maximum absolute atomic E-state index is 15.7. The lowest BCUT2D eigenvalue weighted by atomic mass is 9.72. The van der Waals surface area contributed by atoms with Crippen LogP contribution in [0.5, 0.6) is 28.7 Å². The van der Waals surface area contributed by atoms with E-state index in [1.807, 2.05) is 66.0 Å². The summed E-state index contributed by atoms with van der Waals surface area (Å²) in [5.74, 6) is 2.75. The van der Waals surface area contributed by atoms with E-state index in [0.29, 0.717) is 65.2 Å². The van der Waals surface area contributed by atoms with Crippen LogP contribution in [0.2, 0.25) is 0 Å². The third-order valence-electron chi connectivity index (χ3n) is 16.0. The van der Waals surface area contributed by atoms with E-state index in [2.05, 4.69) is 24.0 Å². The number of rotatable bonds is 19. The standard InChI is InChI=1S/C57H71N5O12S/c1-9-37-35-59-21-19-38-29-49(69-5)51(71-7)33-45(38)47(59)27-40(37)28-48-46-34-52(72-8)50(70-6)30-39(46)20-22-61(48)56(64)53-31-41(55-36(2)58(3)62(57(55)65)42-13-11-10-12-14-42)32-54(74-53)73-26-24-60(23-25-63)75(66,67)44-17-15-43(68-4)16-18-44/h10-18,29-31,33-34,37,40-41,47-48,54,63H,9,19-28,32,35H2,1-8H3. The minimum absolute atomic E-state index is 0.0322. The zero-order chi connectivity index (χ0) is 53.1. The summed E-state index contributed by atoms with van der Waals surface area (Å²) in [5, 5.41) is 10.0. The highest BCUT2D eigenvalue weighted by atomic mass is 32.2. The molecule has 0 spiro atoms. The molecule has 4 aliphatic heterocycles. The van der Waals surface area contributed by atoms with Gasteiger partial charge in [0.25, 0.3) is 11.5 Å². The number of carbonyl (C=O) groups is 1. The lowest BCUT2D eigenvalue weighted by molar-refractivity contribution is -0.155. The van der Waals surface area contributed by atoms with Crippen molar-refractivity contribution in [2.24, 2.45) is 18.9 Å². The molecule has 0 saturated carbocycles. The van der Waals surface area contributed by atoms with Gasteiger partial charge in [-0.2, -0.15) is 4.31 Å². The zero-order valence-electron chi connectivity index (χ0n) is 44.3. The van der Waals surface area contributed by atoms with E-state index in [0.717, 1.165) is 53.5 Å². The molecule has 1 amide bonds. The Kier molecular flexibility index (Phi) is 16.3. The number of hydrogen-bond acceptors (Lipinski definition) is 13. The number of aliphatic hydroxyl groups is 1. The Morgan fingerprint density at radius 3 is 2.08 bits per heavy atom. The maximum Gasteiger partial charge on any atom is 0.289 e. The second-order valence-corrected chi connectivity index (χ2v) is 21.7. The Bertz CT molecular complexity index is 3050. The summed E-state index contributed by atoms with van der Waals surface area (Å²) in [6.45, 7) is 5.51. The van der Waals surface area contributed by atoms with Gasteiger partial charge in [-0.25, -0.2) is 13.1 Å². The molecule has 9 rings (SSSR count). The van der Waals surface area contributed by atoms with Gasteiger partial charge in [0.2, 0.25) is 16.3 Å². The first kappa shape index (κ1) is 53.5. The van der Waals surface area contributed by atoms with Crippen LogP contribution in [-0.2, 0) is 44.2 Å². The zero-order valence-corrected chi connectivity index (χ0v) is 45.1. The minimum Gasteiger partial charge on any atom is -0.497 e. The van der Waals surface area contributed by atoms with Crippen molar-refractivity contribution in [1.82, 2.24) is 23.5 Å². The maximum atomic E-state index is 15.7. The van der Waals surface area contributed by atoms with Crippen LogP contribution in [0.25, 0.3) is 5.69 Å². The van der Waals surface area contributed by atoms with E-state index < -0.39 is 34.9 Å². The fraction of sp³-hybridized carbons (Fsp3) is 0.474. The number of ether oxygens (including phenoxy) is 7. The Morgan fingerprint density at radius 2 is 1.44 bits per heavy atom. The number of hydrogen-bond donors (Lipinski definition) is 1. The van der Waals surface area contributed by atoms with Crippen molar-refractivity contribution in [3.8, 4) is 34.4 Å². The Balaban J connectivity index is 1.07. The number of fused-ring (bicyclic) bond motifs is 4. The second-order valence-electron chi connectivity index (χ2n) is 19.8. The molecule has 1 fully saturated rings.